The van der Waals surface area contributed by atoms with E-state index in [-0.39, 0.29) is 4.90 Å². The van der Waals surface area contributed by atoms with Crippen molar-refractivity contribution in [1.29, 1.82) is 0 Å². The largest absolute Gasteiger partial charge is 0.467 e. The summed E-state index contributed by atoms with van der Waals surface area (Å²) in [6, 6.07) is 3.75. The molecule has 2 amide bonds. The van der Waals surface area contributed by atoms with Gasteiger partial charge in [-0.3, -0.25) is 13.9 Å². The molecule has 0 bridgehead atoms. The van der Waals surface area contributed by atoms with Crippen LogP contribution in [0.1, 0.15) is 39.2 Å². The molecule has 1 aliphatic rings. The Labute approximate surface area is 188 Å². The lowest BCUT2D eigenvalue weighted by molar-refractivity contribution is -0.146. The average Bonchev–Trinajstić information content (AvgIpc) is 3.19. The number of likely N-dealkylation sites (tertiary alicyclic amines) is 1. The van der Waals surface area contributed by atoms with Gasteiger partial charge >= 0.3 is 12.1 Å². The number of benzene rings is 1. The second kappa shape index (κ2) is 10.3. The van der Waals surface area contributed by atoms with Crippen molar-refractivity contribution in [3.05, 3.63) is 29.8 Å². The molecule has 1 aliphatic heterocycles. The zero-order valence-corrected chi connectivity index (χ0v) is 19.7. The molecule has 0 saturated carbocycles. The maximum atomic E-state index is 12.8. The Kier molecular flexibility index (Phi) is 8.24. The molecular weight excluding hydrogens is 440 g/mol. The van der Waals surface area contributed by atoms with E-state index in [1.54, 1.807) is 32.9 Å². The van der Waals surface area contributed by atoms with Gasteiger partial charge in [0.05, 0.1) is 18.6 Å². The number of carbonyl (C=O) groups excluding carboxylic acids is 3. The average molecular weight is 471 g/mol. The molecule has 10 nitrogen and oxygen atoms in total. The van der Waals surface area contributed by atoms with Crippen LogP contribution in [0.5, 0.6) is 0 Å². The van der Waals surface area contributed by atoms with Crippen molar-refractivity contribution in [2.75, 3.05) is 20.3 Å². The SMILES string of the molecule is COC(=O)[C@H](COS(=O)(=O)c1ccc(C)cc1)NC(=O)[C@@H]1CCCN1C(=O)OC(C)(C)C. The van der Waals surface area contributed by atoms with E-state index in [1.807, 2.05) is 6.92 Å². The molecule has 2 rings (SSSR count). The molecule has 178 valence electrons. The molecule has 0 radical (unpaired) electrons. The van der Waals surface area contributed by atoms with Crippen LogP contribution in [0.3, 0.4) is 0 Å². The third-order valence-electron chi connectivity index (χ3n) is 4.69. The van der Waals surface area contributed by atoms with Gasteiger partial charge in [0.25, 0.3) is 10.1 Å². The number of hydrogen-bond donors (Lipinski definition) is 1. The van der Waals surface area contributed by atoms with Crippen LogP contribution in [-0.4, -0.2) is 69.2 Å². The summed E-state index contributed by atoms with van der Waals surface area (Å²) in [7, 11) is -3.05. The number of hydrogen-bond acceptors (Lipinski definition) is 8. The van der Waals surface area contributed by atoms with Crippen molar-refractivity contribution < 1.29 is 36.5 Å². The van der Waals surface area contributed by atoms with Crippen LogP contribution < -0.4 is 5.32 Å². The van der Waals surface area contributed by atoms with Crippen LogP contribution in [0.2, 0.25) is 0 Å². The lowest BCUT2D eigenvalue weighted by Gasteiger charge is -2.28. The van der Waals surface area contributed by atoms with Crippen molar-refractivity contribution in [1.82, 2.24) is 10.2 Å². The minimum atomic E-state index is -4.16. The summed E-state index contributed by atoms with van der Waals surface area (Å²) in [5.74, 6) is -1.50. The van der Waals surface area contributed by atoms with Crippen LogP contribution in [-0.2, 0) is 33.4 Å². The van der Waals surface area contributed by atoms with E-state index in [4.69, 9.17) is 8.92 Å². The second-order valence-corrected chi connectivity index (χ2v) is 10.1. The van der Waals surface area contributed by atoms with Gasteiger partial charge in [-0.15, -0.1) is 0 Å². The Morgan fingerprint density at radius 1 is 1.19 bits per heavy atom. The predicted octanol–water partition coefficient (Wildman–Crippen LogP) is 1.76. The normalized spacial score (nSPS) is 17.5. The van der Waals surface area contributed by atoms with Crippen LogP contribution in [0.4, 0.5) is 4.79 Å². The van der Waals surface area contributed by atoms with E-state index in [2.05, 4.69) is 10.1 Å². The number of aryl methyl sites for hydroxylation is 1. The van der Waals surface area contributed by atoms with Crippen molar-refractivity contribution in [2.24, 2.45) is 0 Å². The molecule has 1 heterocycles. The minimum absolute atomic E-state index is 0.0788. The molecule has 0 unspecified atom stereocenters. The molecule has 1 aromatic rings. The minimum Gasteiger partial charge on any atom is -0.467 e. The number of amides is 2. The Morgan fingerprint density at radius 2 is 1.81 bits per heavy atom. The first kappa shape index (κ1) is 25.6. The number of rotatable bonds is 7. The zero-order chi connectivity index (χ0) is 24.1. The van der Waals surface area contributed by atoms with Crippen LogP contribution in [0, 0.1) is 6.92 Å². The van der Waals surface area contributed by atoms with Gasteiger partial charge in [0.1, 0.15) is 11.6 Å². The van der Waals surface area contributed by atoms with Gasteiger partial charge < -0.3 is 14.8 Å². The number of ether oxygens (including phenoxy) is 2. The lowest BCUT2D eigenvalue weighted by atomic mass is 10.2. The zero-order valence-electron chi connectivity index (χ0n) is 18.9. The molecule has 0 spiro atoms. The van der Waals surface area contributed by atoms with Gasteiger partial charge in [-0.25, -0.2) is 9.59 Å². The van der Waals surface area contributed by atoms with E-state index in [1.165, 1.54) is 17.0 Å². The van der Waals surface area contributed by atoms with Crippen molar-refractivity contribution in [3.63, 3.8) is 0 Å². The fourth-order valence-electron chi connectivity index (χ4n) is 3.09. The van der Waals surface area contributed by atoms with Gasteiger partial charge in [-0.05, 0) is 52.7 Å². The molecule has 1 N–H and O–H groups in total. The van der Waals surface area contributed by atoms with Gasteiger partial charge in [0.2, 0.25) is 5.91 Å². The van der Waals surface area contributed by atoms with E-state index >= 15 is 0 Å². The van der Waals surface area contributed by atoms with Crippen molar-refractivity contribution >= 4 is 28.1 Å². The van der Waals surface area contributed by atoms with E-state index in [9.17, 15) is 22.8 Å². The molecule has 32 heavy (non-hydrogen) atoms. The highest BCUT2D eigenvalue weighted by Gasteiger charge is 2.38. The summed E-state index contributed by atoms with van der Waals surface area (Å²) < 4.78 is 39.8. The molecule has 11 heteroatoms. The monoisotopic (exact) mass is 470 g/mol. The van der Waals surface area contributed by atoms with Gasteiger partial charge in [-0.1, -0.05) is 17.7 Å². The maximum Gasteiger partial charge on any atom is 0.410 e. The van der Waals surface area contributed by atoms with Gasteiger partial charge in [0.15, 0.2) is 6.04 Å². The summed E-state index contributed by atoms with van der Waals surface area (Å²) >= 11 is 0. The summed E-state index contributed by atoms with van der Waals surface area (Å²) in [4.78, 5) is 38.6. The first-order chi connectivity index (χ1) is 14.8. The third-order valence-corrected chi connectivity index (χ3v) is 5.98. The number of esters is 1. The van der Waals surface area contributed by atoms with Crippen LogP contribution in [0.15, 0.2) is 29.2 Å². The Balaban J connectivity index is 2.08. The molecule has 1 aromatic carbocycles. The van der Waals surface area contributed by atoms with Crippen molar-refractivity contribution in [3.8, 4) is 0 Å². The fraction of sp³-hybridized carbons (Fsp3) is 0.571. The Morgan fingerprint density at radius 3 is 2.38 bits per heavy atom. The fourth-order valence-corrected chi connectivity index (χ4v) is 4.01. The first-order valence-electron chi connectivity index (χ1n) is 10.2. The first-order valence-corrected chi connectivity index (χ1v) is 11.6. The maximum absolute atomic E-state index is 12.8. The summed E-state index contributed by atoms with van der Waals surface area (Å²) in [5.41, 5.74) is 0.141. The van der Waals surface area contributed by atoms with Crippen molar-refractivity contribution in [2.45, 2.75) is 63.1 Å². The number of nitrogens with one attached hydrogen (secondary N) is 1. The standard InChI is InChI=1S/C21H30N2O8S/c1-14-8-10-15(11-9-14)32(27,28)30-13-16(19(25)29-5)22-18(24)17-7-6-12-23(17)20(26)31-21(2,3)4/h8-11,16-17H,6-7,12-13H2,1-5H3,(H,22,24)/t16-,17-/m0/s1. The smallest absolute Gasteiger partial charge is 0.410 e. The highest BCUT2D eigenvalue weighted by molar-refractivity contribution is 7.86. The molecule has 1 fully saturated rings. The summed E-state index contributed by atoms with van der Waals surface area (Å²) in [6.07, 6.45) is 0.322. The highest BCUT2D eigenvalue weighted by atomic mass is 32.2. The molecule has 2 atom stereocenters. The molecule has 0 aliphatic carbocycles. The Bertz CT molecular complexity index is 938. The van der Waals surface area contributed by atoms with Crippen LogP contribution in [0.25, 0.3) is 0 Å². The third kappa shape index (κ3) is 6.92. The van der Waals surface area contributed by atoms with Gasteiger partial charge in [-0.2, -0.15) is 8.42 Å². The van der Waals surface area contributed by atoms with Crippen LogP contribution >= 0.6 is 0 Å². The molecular formula is C21H30N2O8S. The number of carbonyl (C=O) groups is 3. The summed E-state index contributed by atoms with van der Waals surface area (Å²) in [6.45, 7) is 6.63. The molecule has 0 aromatic heterocycles. The highest BCUT2D eigenvalue weighted by Crippen LogP contribution is 2.21. The second-order valence-electron chi connectivity index (χ2n) is 8.47. The lowest BCUT2D eigenvalue weighted by Crippen LogP contribution is -2.53. The van der Waals surface area contributed by atoms with Gasteiger partial charge in [0, 0.05) is 6.54 Å². The van der Waals surface area contributed by atoms with E-state index in [0.717, 1.165) is 12.7 Å². The summed E-state index contributed by atoms with van der Waals surface area (Å²) in [5, 5.41) is 2.44. The van der Waals surface area contributed by atoms with E-state index < -0.39 is 52.4 Å². The topological polar surface area (TPSA) is 128 Å². The van der Waals surface area contributed by atoms with E-state index in [0.29, 0.717) is 19.4 Å². The quantitative estimate of drug-likeness (QED) is 0.472. The number of nitrogens with zero attached hydrogens (tertiary/aromatic N) is 1. The molecule has 1 saturated heterocycles. The Hall–Kier alpha value is -2.66. The predicted molar refractivity (Wildman–Crippen MR) is 114 cm³/mol. The number of methoxy groups -OCH3 is 1.